The maximum Gasteiger partial charge on any atom is 0.205 e. The van der Waals surface area contributed by atoms with E-state index < -0.39 is 0 Å². The molecule has 0 fully saturated rings. The summed E-state index contributed by atoms with van der Waals surface area (Å²) in [4.78, 5) is 3.10. The number of nitrogens with zero attached hydrogens (tertiary/aromatic N) is 2. The molecule has 1 aromatic heterocycles. The van der Waals surface area contributed by atoms with Crippen molar-refractivity contribution in [3.63, 3.8) is 0 Å². The van der Waals surface area contributed by atoms with Crippen LogP contribution >= 0.6 is 11.3 Å². The van der Waals surface area contributed by atoms with E-state index in [0.717, 1.165) is 21.9 Å². The number of fused-ring (bicyclic) bond motifs is 1. The van der Waals surface area contributed by atoms with Crippen LogP contribution in [0.1, 0.15) is 16.4 Å². The topological polar surface area (TPSA) is 62.3 Å². The van der Waals surface area contributed by atoms with Crippen LogP contribution in [0.2, 0.25) is 0 Å². The third-order valence-corrected chi connectivity index (χ3v) is 4.48. The Bertz CT molecular complexity index is 741. The van der Waals surface area contributed by atoms with Crippen molar-refractivity contribution >= 4 is 17.0 Å². The van der Waals surface area contributed by atoms with Gasteiger partial charge < -0.3 is 15.4 Å². The zero-order valence-corrected chi connectivity index (χ0v) is 12.6. The van der Waals surface area contributed by atoms with Crippen molar-refractivity contribution in [1.82, 2.24) is 0 Å². The Hall–Kier alpha value is -2.45. The van der Waals surface area contributed by atoms with Crippen LogP contribution in [-0.2, 0) is 0 Å². The number of thiophene rings is 1. The number of hydrogen-bond acceptors (Lipinski definition) is 5. The van der Waals surface area contributed by atoms with Gasteiger partial charge in [0, 0.05) is 36.3 Å². The SMILES string of the molecule is CN(C)c1ccc2c(c1)OC(N)=C(C#N)[C@H]2c1cccs1. The van der Waals surface area contributed by atoms with Crippen molar-refractivity contribution in [3.8, 4) is 11.8 Å². The number of nitrogens with two attached hydrogens (primary N) is 1. The smallest absolute Gasteiger partial charge is 0.205 e. The average molecular weight is 297 g/mol. The highest BCUT2D eigenvalue weighted by Gasteiger charge is 2.31. The summed E-state index contributed by atoms with van der Waals surface area (Å²) in [6.07, 6.45) is 0. The largest absolute Gasteiger partial charge is 0.440 e. The van der Waals surface area contributed by atoms with E-state index in [1.807, 2.05) is 54.7 Å². The zero-order chi connectivity index (χ0) is 15.0. The second-order valence-corrected chi connectivity index (χ2v) is 6.04. The van der Waals surface area contributed by atoms with Crippen LogP contribution < -0.4 is 15.4 Å². The third kappa shape index (κ3) is 2.24. The summed E-state index contributed by atoms with van der Waals surface area (Å²) >= 11 is 1.62. The molecule has 21 heavy (non-hydrogen) atoms. The van der Waals surface area contributed by atoms with E-state index >= 15 is 0 Å². The molecule has 0 radical (unpaired) electrons. The summed E-state index contributed by atoms with van der Waals surface area (Å²) in [6.45, 7) is 0. The Morgan fingerprint density at radius 3 is 2.76 bits per heavy atom. The van der Waals surface area contributed by atoms with Gasteiger partial charge in [-0.25, -0.2) is 0 Å². The predicted octanol–water partition coefficient (Wildman–Crippen LogP) is 3.03. The van der Waals surface area contributed by atoms with Crippen LogP contribution in [0.15, 0.2) is 47.2 Å². The van der Waals surface area contributed by atoms with Gasteiger partial charge >= 0.3 is 0 Å². The molecule has 0 spiro atoms. The van der Waals surface area contributed by atoms with E-state index in [2.05, 4.69) is 6.07 Å². The standard InChI is InChI=1S/C16H15N3OS/c1-19(2)10-5-6-11-13(8-10)20-16(18)12(9-17)15(11)14-4-3-7-21-14/h3-8,15H,18H2,1-2H3/t15-/m0/s1. The molecule has 5 heteroatoms. The lowest BCUT2D eigenvalue weighted by atomic mass is 9.88. The molecule has 2 heterocycles. The fourth-order valence-electron chi connectivity index (χ4n) is 2.47. The van der Waals surface area contributed by atoms with Crippen LogP contribution in [0.5, 0.6) is 5.75 Å². The molecule has 0 amide bonds. The van der Waals surface area contributed by atoms with E-state index in [-0.39, 0.29) is 11.8 Å². The quantitative estimate of drug-likeness (QED) is 0.925. The number of rotatable bonds is 2. The minimum atomic E-state index is -0.144. The van der Waals surface area contributed by atoms with Crippen LogP contribution in [0.4, 0.5) is 5.69 Å². The number of benzene rings is 1. The van der Waals surface area contributed by atoms with Crippen molar-refractivity contribution in [3.05, 3.63) is 57.6 Å². The van der Waals surface area contributed by atoms with Crippen molar-refractivity contribution in [1.29, 1.82) is 5.26 Å². The molecule has 2 N–H and O–H groups in total. The predicted molar refractivity (Wildman–Crippen MR) is 84.4 cm³/mol. The Balaban J connectivity index is 2.17. The molecule has 1 aliphatic heterocycles. The van der Waals surface area contributed by atoms with E-state index in [9.17, 15) is 5.26 Å². The maximum atomic E-state index is 9.43. The highest BCUT2D eigenvalue weighted by molar-refractivity contribution is 7.10. The number of allylic oxidation sites excluding steroid dienone is 1. The maximum absolute atomic E-state index is 9.43. The van der Waals surface area contributed by atoms with Crippen molar-refractivity contribution in [2.45, 2.75) is 5.92 Å². The molecule has 1 aliphatic rings. The number of nitriles is 1. The van der Waals surface area contributed by atoms with Gasteiger partial charge in [0.1, 0.15) is 17.4 Å². The second kappa shape index (κ2) is 5.15. The lowest BCUT2D eigenvalue weighted by Crippen LogP contribution is -2.21. The molecule has 0 saturated carbocycles. The first-order valence-corrected chi connectivity index (χ1v) is 7.42. The van der Waals surface area contributed by atoms with Crippen molar-refractivity contribution in [2.24, 2.45) is 5.73 Å². The first-order valence-electron chi connectivity index (χ1n) is 6.54. The van der Waals surface area contributed by atoms with E-state index in [4.69, 9.17) is 10.5 Å². The van der Waals surface area contributed by atoms with Crippen molar-refractivity contribution in [2.75, 3.05) is 19.0 Å². The fraction of sp³-hybridized carbons (Fsp3) is 0.188. The van der Waals surface area contributed by atoms with Crippen LogP contribution in [0.3, 0.4) is 0 Å². The normalized spacial score (nSPS) is 16.9. The summed E-state index contributed by atoms with van der Waals surface area (Å²) in [5.41, 5.74) is 8.44. The van der Waals surface area contributed by atoms with Gasteiger partial charge in [-0.2, -0.15) is 5.26 Å². The summed E-state index contributed by atoms with van der Waals surface area (Å²) in [5.74, 6) is 0.769. The number of ether oxygens (including phenoxy) is 1. The fourth-order valence-corrected chi connectivity index (χ4v) is 3.32. The first kappa shape index (κ1) is 13.5. The van der Waals surface area contributed by atoms with E-state index in [0.29, 0.717) is 5.57 Å². The summed E-state index contributed by atoms with van der Waals surface area (Å²) in [5, 5.41) is 11.4. The lowest BCUT2D eigenvalue weighted by Gasteiger charge is -2.26. The molecule has 3 rings (SSSR count). The zero-order valence-electron chi connectivity index (χ0n) is 11.8. The van der Waals surface area contributed by atoms with Gasteiger partial charge in [-0.3, -0.25) is 0 Å². The molecule has 0 unspecified atom stereocenters. The molecule has 2 aromatic rings. The van der Waals surface area contributed by atoms with E-state index in [1.54, 1.807) is 11.3 Å². The van der Waals surface area contributed by atoms with Crippen LogP contribution in [0, 0.1) is 11.3 Å². The lowest BCUT2D eigenvalue weighted by molar-refractivity contribution is 0.394. The third-order valence-electron chi connectivity index (χ3n) is 3.55. The summed E-state index contributed by atoms with van der Waals surface area (Å²) < 4.78 is 5.67. The molecular formula is C16H15N3OS. The Kier molecular flexibility index (Phi) is 3.32. The molecule has 0 bridgehead atoms. The highest BCUT2D eigenvalue weighted by atomic mass is 32.1. The van der Waals surface area contributed by atoms with Gasteiger partial charge in [-0.15, -0.1) is 11.3 Å². The highest BCUT2D eigenvalue weighted by Crippen LogP contribution is 2.44. The Morgan fingerprint density at radius 2 is 2.14 bits per heavy atom. The monoisotopic (exact) mass is 297 g/mol. The number of anilines is 1. The molecule has 0 saturated heterocycles. The van der Waals surface area contributed by atoms with Gasteiger partial charge in [0.15, 0.2) is 0 Å². The Morgan fingerprint density at radius 1 is 1.33 bits per heavy atom. The summed E-state index contributed by atoms with van der Waals surface area (Å²) in [6, 6.07) is 12.2. The summed E-state index contributed by atoms with van der Waals surface area (Å²) in [7, 11) is 3.95. The van der Waals surface area contributed by atoms with Gasteiger partial charge in [-0.1, -0.05) is 12.1 Å². The van der Waals surface area contributed by atoms with E-state index in [1.165, 1.54) is 0 Å². The molecule has 0 aliphatic carbocycles. The molecule has 1 atom stereocenters. The molecular weight excluding hydrogens is 282 g/mol. The average Bonchev–Trinajstić information content (AvgIpc) is 2.98. The first-order chi connectivity index (χ1) is 10.1. The minimum Gasteiger partial charge on any atom is -0.440 e. The van der Waals surface area contributed by atoms with Gasteiger partial charge in [-0.05, 0) is 17.5 Å². The molecule has 106 valence electrons. The van der Waals surface area contributed by atoms with Gasteiger partial charge in [0.25, 0.3) is 0 Å². The van der Waals surface area contributed by atoms with Gasteiger partial charge in [0.2, 0.25) is 5.88 Å². The van der Waals surface area contributed by atoms with Crippen LogP contribution in [-0.4, -0.2) is 14.1 Å². The molecule has 1 aromatic carbocycles. The van der Waals surface area contributed by atoms with Crippen molar-refractivity contribution < 1.29 is 4.74 Å². The second-order valence-electron chi connectivity index (χ2n) is 5.06. The van der Waals surface area contributed by atoms with Crippen LogP contribution in [0.25, 0.3) is 0 Å². The molecule has 4 nitrogen and oxygen atoms in total. The number of hydrogen-bond donors (Lipinski definition) is 1. The van der Waals surface area contributed by atoms with Gasteiger partial charge in [0.05, 0.1) is 5.92 Å². The minimum absolute atomic E-state index is 0.144. The Labute approximate surface area is 127 Å².